The van der Waals surface area contributed by atoms with Crippen LogP contribution in [0.5, 0.6) is 0 Å². The van der Waals surface area contributed by atoms with E-state index in [-0.39, 0.29) is 6.98 Å². The molecule has 7 aromatic rings. The first-order valence-electron chi connectivity index (χ1n) is 13.2. The van der Waals surface area contributed by atoms with Crippen molar-refractivity contribution in [1.29, 1.82) is 0 Å². The Morgan fingerprint density at radius 3 is 1.36 bits per heavy atom. The van der Waals surface area contributed by atoms with Gasteiger partial charge in [0.2, 0.25) is 0 Å². The van der Waals surface area contributed by atoms with Crippen LogP contribution < -0.4 is 15.1 Å². The Bertz CT molecular complexity index is 1900. The van der Waals surface area contributed by atoms with Crippen LogP contribution in [0.4, 0.5) is 21.4 Å². The van der Waals surface area contributed by atoms with Gasteiger partial charge in [-0.3, -0.25) is 0 Å². The van der Waals surface area contributed by atoms with Crippen molar-refractivity contribution in [2.45, 2.75) is 0 Å². The highest BCUT2D eigenvalue weighted by molar-refractivity contribution is 7.26. The molecule has 0 saturated carbocycles. The fraction of sp³-hybridized carbons (Fsp3) is 0. The van der Waals surface area contributed by atoms with Crippen LogP contribution in [0.2, 0.25) is 0 Å². The zero-order valence-corrected chi connectivity index (χ0v) is 22.5. The minimum absolute atomic E-state index is 0.0119. The number of hydrogen-bond donors (Lipinski definition) is 0. The lowest BCUT2D eigenvalue weighted by Gasteiger charge is -2.45. The maximum Gasteiger partial charge on any atom is 0.423 e. The summed E-state index contributed by atoms with van der Waals surface area (Å²) in [5.74, 6) is 0. The molecular weight excluding hydrogens is 511 g/mol. The zero-order chi connectivity index (χ0) is 25.5. The summed E-state index contributed by atoms with van der Waals surface area (Å²) < 4.78 is 2.65. The first kappa shape index (κ1) is 21.6. The molecule has 0 radical (unpaired) electrons. The molecule has 5 aromatic carbocycles. The largest absolute Gasteiger partial charge is 0.423 e. The van der Waals surface area contributed by atoms with Gasteiger partial charge in [0.25, 0.3) is 0 Å². The summed E-state index contributed by atoms with van der Waals surface area (Å²) in [7, 11) is 0. The third-order valence-corrected chi connectivity index (χ3v) is 10.4. The van der Waals surface area contributed by atoms with Gasteiger partial charge in [-0.1, -0.05) is 91.0 Å². The molecule has 0 bridgehead atoms. The molecule has 0 aliphatic carbocycles. The Kier molecular flexibility index (Phi) is 4.48. The first-order valence-corrected chi connectivity index (χ1v) is 14.9. The van der Waals surface area contributed by atoms with Gasteiger partial charge in [-0.2, -0.15) is 0 Å². The lowest BCUT2D eigenvalue weighted by molar-refractivity contribution is 1.31. The van der Waals surface area contributed by atoms with Gasteiger partial charge >= 0.3 is 6.98 Å². The highest BCUT2D eigenvalue weighted by Gasteiger charge is 2.48. The number of anilines is 4. The standard InChI is InChI=1S/C34H21BN2S2/c1-3-12-22(13-4-1)36-33-30(24-16-7-9-20-28(24)38-33)26-18-11-19-27-31-25-17-8-10-21-29(25)39-34(31)37(35(36)32(26)27)23-14-5-2-6-15-23/h1-21H. The van der Waals surface area contributed by atoms with Crippen molar-refractivity contribution >= 4 is 76.7 Å². The second kappa shape index (κ2) is 8.09. The van der Waals surface area contributed by atoms with Crippen molar-refractivity contribution in [3.8, 4) is 22.3 Å². The summed E-state index contributed by atoms with van der Waals surface area (Å²) >= 11 is 3.80. The SMILES string of the molecule is c1ccc(N2B3c4c(cccc4-c4c(sc5ccccc45)N3c3ccccc3)-c3c2sc2ccccc32)cc1. The predicted octanol–water partition coefficient (Wildman–Crippen LogP) is 9.45. The van der Waals surface area contributed by atoms with E-state index in [2.05, 4.69) is 137 Å². The fourth-order valence-electron chi connectivity index (χ4n) is 6.49. The minimum atomic E-state index is -0.0119. The Hall–Kier alpha value is -4.32. The molecule has 9 rings (SSSR count). The topological polar surface area (TPSA) is 6.48 Å². The Morgan fingerprint density at radius 2 is 0.872 bits per heavy atom. The number of fused-ring (bicyclic) bond motifs is 8. The van der Waals surface area contributed by atoms with E-state index in [1.54, 1.807) is 0 Å². The number of rotatable bonds is 2. The molecule has 2 aromatic heterocycles. The van der Waals surface area contributed by atoms with E-state index in [1.165, 1.54) is 69.3 Å². The van der Waals surface area contributed by atoms with E-state index >= 15 is 0 Å². The highest BCUT2D eigenvalue weighted by atomic mass is 32.1. The fourth-order valence-corrected chi connectivity index (χ4v) is 9.02. The minimum Gasteiger partial charge on any atom is -0.353 e. The first-order chi connectivity index (χ1) is 19.4. The Morgan fingerprint density at radius 1 is 0.436 bits per heavy atom. The molecule has 2 aliphatic heterocycles. The second-order valence-electron chi connectivity index (χ2n) is 10.1. The number of thiophene rings is 2. The summed E-state index contributed by atoms with van der Waals surface area (Å²) in [4.78, 5) is 5.18. The maximum absolute atomic E-state index is 2.59. The third kappa shape index (κ3) is 2.92. The summed E-state index contributed by atoms with van der Waals surface area (Å²) in [5.41, 5.74) is 9.20. The zero-order valence-electron chi connectivity index (χ0n) is 20.9. The van der Waals surface area contributed by atoms with Crippen molar-refractivity contribution in [2.24, 2.45) is 0 Å². The number of hydrogen-bond acceptors (Lipinski definition) is 4. The molecule has 0 unspecified atom stereocenters. The molecular formula is C34H21BN2S2. The van der Waals surface area contributed by atoms with E-state index < -0.39 is 0 Å². The van der Waals surface area contributed by atoms with E-state index in [0.717, 1.165) is 0 Å². The van der Waals surface area contributed by atoms with Gasteiger partial charge in [0, 0.05) is 42.7 Å². The number of para-hydroxylation sites is 2. The molecule has 2 nitrogen and oxygen atoms in total. The lowest BCUT2D eigenvalue weighted by atomic mass is 9.54. The molecule has 39 heavy (non-hydrogen) atoms. The molecule has 0 atom stereocenters. The summed E-state index contributed by atoms with van der Waals surface area (Å²) in [6.07, 6.45) is 0. The van der Waals surface area contributed by atoms with Crippen LogP contribution in [-0.2, 0) is 0 Å². The van der Waals surface area contributed by atoms with Crippen molar-refractivity contribution < 1.29 is 0 Å². The van der Waals surface area contributed by atoms with E-state index in [1.807, 2.05) is 22.7 Å². The third-order valence-electron chi connectivity index (χ3n) is 8.05. The molecule has 0 amide bonds. The van der Waals surface area contributed by atoms with Crippen LogP contribution in [0.3, 0.4) is 0 Å². The average molecular weight is 533 g/mol. The normalized spacial score (nSPS) is 13.5. The molecule has 2 aliphatic rings. The molecule has 0 spiro atoms. The van der Waals surface area contributed by atoms with Crippen molar-refractivity contribution in [3.63, 3.8) is 0 Å². The van der Waals surface area contributed by atoms with Crippen molar-refractivity contribution in [1.82, 2.24) is 0 Å². The van der Waals surface area contributed by atoms with E-state index in [4.69, 9.17) is 0 Å². The van der Waals surface area contributed by atoms with Crippen LogP contribution in [0.25, 0.3) is 42.4 Å². The summed E-state index contributed by atoms with van der Waals surface area (Å²) in [5, 5.41) is 5.28. The van der Waals surface area contributed by atoms with Gasteiger partial charge in [0.15, 0.2) is 0 Å². The van der Waals surface area contributed by atoms with Crippen molar-refractivity contribution in [2.75, 3.05) is 9.62 Å². The van der Waals surface area contributed by atoms with Gasteiger partial charge < -0.3 is 9.62 Å². The van der Waals surface area contributed by atoms with Crippen LogP contribution in [-0.4, -0.2) is 6.98 Å². The van der Waals surface area contributed by atoms with Crippen LogP contribution >= 0.6 is 22.7 Å². The smallest absolute Gasteiger partial charge is 0.353 e. The number of nitrogens with zero attached hydrogens (tertiary/aromatic N) is 2. The average Bonchev–Trinajstić information content (AvgIpc) is 3.57. The van der Waals surface area contributed by atoms with Crippen LogP contribution in [0.15, 0.2) is 127 Å². The van der Waals surface area contributed by atoms with E-state index in [0.29, 0.717) is 0 Å². The van der Waals surface area contributed by atoms with Gasteiger partial charge in [-0.05, 0) is 53.0 Å². The highest BCUT2D eigenvalue weighted by Crippen LogP contribution is 2.56. The summed E-state index contributed by atoms with van der Waals surface area (Å²) in [6, 6.07) is 46.6. The molecule has 5 heteroatoms. The van der Waals surface area contributed by atoms with Gasteiger partial charge in [0.1, 0.15) is 0 Å². The monoisotopic (exact) mass is 532 g/mol. The summed E-state index contributed by atoms with van der Waals surface area (Å²) in [6.45, 7) is -0.0119. The van der Waals surface area contributed by atoms with Gasteiger partial charge in [-0.25, -0.2) is 0 Å². The quantitative estimate of drug-likeness (QED) is 0.205. The van der Waals surface area contributed by atoms with E-state index in [9.17, 15) is 0 Å². The van der Waals surface area contributed by atoms with Gasteiger partial charge in [0.05, 0.1) is 10.0 Å². The maximum atomic E-state index is 2.59. The molecule has 0 saturated heterocycles. The molecule has 0 fully saturated rings. The second-order valence-corrected chi connectivity index (χ2v) is 12.2. The number of benzene rings is 5. The predicted molar refractivity (Wildman–Crippen MR) is 171 cm³/mol. The molecule has 0 N–H and O–H groups in total. The van der Waals surface area contributed by atoms with Gasteiger partial charge in [-0.15, -0.1) is 22.7 Å². The Balaban J connectivity index is 1.47. The van der Waals surface area contributed by atoms with Crippen LogP contribution in [0, 0.1) is 0 Å². The van der Waals surface area contributed by atoms with Crippen molar-refractivity contribution in [3.05, 3.63) is 127 Å². The molecule has 182 valence electrons. The lowest BCUT2D eigenvalue weighted by Crippen LogP contribution is -2.61. The Labute approximate surface area is 235 Å². The molecule has 4 heterocycles. The van der Waals surface area contributed by atoms with Crippen LogP contribution in [0.1, 0.15) is 0 Å².